The molecule has 1 aliphatic carbocycles. The summed E-state index contributed by atoms with van der Waals surface area (Å²) in [6, 6.07) is 0.475. The average Bonchev–Trinajstić information content (AvgIpc) is 2.89. The Labute approximate surface area is 144 Å². The molecule has 0 aromatic carbocycles. The lowest BCUT2D eigenvalue weighted by Crippen LogP contribution is -2.46. The topological polar surface area (TPSA) is 70.7 Å². The van der Waals surface area contributed by atoms with Crippen molar-refractivity contribution in [2.75, 3.05) is 26.3 Å². The molecule has 6 nitrogen and oxygen atoms in total. The number of hydrogen-bond acceptors (Lipinski definition) is 4. The maximum absolute atomic E-state index is 12.2. The number of rotatable bonds is 4. The van der Waals surface area contributed by atoms with Crippen LogP contribution in [-0.2, 0) is 14.3 Å². The van der Waals surface area contributed by atoms with E-state index in [1.807, 2.05) is 4.90 Å². The van der Waals surface area contributed by atoms with Crippen LogP contribution in [0.25, 0.3) is 0 Å². The smallest absolute Gasteiger partial charge is 0.225 e. The van der Waals surface area contributed by atoms with Crippen molar-refractivity contribution in [3.8, 4) is 0 Å². The minimum absolute atomic E-state index is 0. The van der Waals surface area contributed by atoms with Crippen molar-refractivity contribution in [1.29, 1.82) is 0 Å². The average molecular weight is 346 g/mol. The second-order valence-corrected chi connectivity index (χ2v) is 6.74. The molecule has 2 N–H and O–H groups in total. The second-order valence-electron chi connectivity index (χ2n) is 6.74. The number of halogens is 1. The zero-order valence-corrected chi connectivity index (χ0v) is 14.4. The number of ether oxygens (including phenoxy) is 1. The molecule has 0 aromatic heterocycles. The van der Waals surface area contributed by atoms with Gasteiger partial charge in [-0.05, 0) is 12.8 Å². The third-order valence-corrected chi connectivity index (χ3v) is 4.97. The molecule has 3 rings (SSSR count). The molecular weight excluding hydrogens is 318 g/mol. The monoisotopic (exact) mass is 345 g/mol. The van der Waals surface area contributed by atoms with Gasteiger partial charge >= 0.3 is 0 Å². The van der Waals surface area contributed by atoms with Crippen LogP contribution >= 0.6 is 12.4 Å². The van der Waals surface area contributed by atoms with Crippen molar-refractivity contribution in [1.82, 2.24) is 15.5 Å². The van der Waals surface area contributed by atoms with Gasteiger partial charge < -0.3 is 20.3 Å². The van der Waals surface area contributed by atoms with E-state index in [1.165, 1.54) is 19.3 Å². The highest BCUT2D eigenvalue weighted by molar-refractivity contribution is 5.85. The summed E-state index contributed by atoms with van der Waals surface area (Å²) in [6.45, 7) is 2.79. The Morgan fingerprint density at radius 3 is 2.78 bits per heavy atom. The number of amides is 2. The van der Waals surface area contributed by atoms with E-state index < -0.39 is 0 Å². The molecule has 2 saturated heterocycles. The van der Waals surface area contributed by atoms with Gasteiger partial charge in [0.25, 0.3) is 0 Å². The molecule has 2 amide bonds. The standard InChI is InChI=1S/C16H27N3O3.ClH/c20-15(8-13-11-22-7-6-17-13)18-12-9-16(21)19(10-12)14-4-2-1-3-5-14;/h12-14,17H,1-11H2,(H,18,20);1H. The highest BCUT2D eigenvalue weighted by atomic mass is 35.5. The van der Waals surface area contributed by atoms with Gasteiger partial charge in [0.2, 0.25) is 11.8 Å². The van der Waals surface area contributed by atoms with Crippen LogP contribution in [-0.4, -0.2) is 61.1 Å². The first kappa shape index (κ1) is 18.5. The molecule has 3 aliphatic rings. The Morgan fingerprint density at radius 2 is 2.09 bits per heavy atom. The molecule has 0 spiro atoms. The zero-order chi connectivity index (χ0) is 15.4. The summed E-state index contributed by atoms with van der Waals surface area (Å²) >= 11 is 0. The van der Waals surface area contributed by atoms with Gasteiger partial charge in [-0.2, -0.15) is 0 Å². The third-order valence-electron chi connectivity index (χ3n) is 4.97. The minimum atomic E-state index is -0.0218. The van der Waals surface area contributed by atoms with Crippen molar-refractivity contribution < 1.29 is 14.3 Å². The third kappa shape index (κ3) is 5.06. The fraction of sp³-hybridized carbons (Fsp3) is 0.875. The summed E-state index contributed by atoms with van der Waals surface area (Å²) < 4.78 is 5.36. The predicted molar refractivity (Wildman–Crippen MR) is 89.6 cm³/mol. The van der Waals surface area contributed by atoms with Crippen molar-refractivity contribution in [2.24, 2.45) is 0 Å². The molecule has 132 valence electrons. The molecular formula is C16H28ClN3O3. The highest BCUT2D eigenvalue weighted by Gasteiger charge is 2.35. The lowest BCUT2D eigenvalue weighted by Gasteiger charge is -2.31. The molecule has 0 aromatic rings. The fourth-order valence-corrected chi connectivity index (χ4v) is 3.84. The van der Waals surface area contributed by atoms with Crippen LogP contribution in [0.15, 0.2) is 0 Å². The Kier molecular flexibility index (Phi) is 7.11. The summed E-state index contributed by atoms with van der Waals surface area (Å²) in [5.74, 6) is 0.225. The lowest BCUT2D eigenvalue weighted by atomic mass is 9.94. The fourth-order valence-electron chi connectivity index (χ4n) is 3.84. The summed E-state index contributed by atoms with van der Waals surface area (Å²) in [4.78, 5) is 26.3. The van der Waals surface area contributed by atoms with Crippen LogP contribution in [0.4, 0.5) is 0 Å². The highest BCUT2D eigenvalue weighted by Crippen LogP contribution is 2.26. The maximum atomic E-state index is 12.2. The van der Waals surface area contributed by atoms with Gasteiger partial charge in [-0.25, -0.2) is 0 Å². The molecule has 2 heterocycles. The van der Waals surface area contributed by atoms with Crippen LogP contribution in [0, 0.1) is 0 Å². The van der Waals surface area contributed by atoms with E-state index in [4.69, 9.17) is 4.74 Å². The van der Waals surface area contributed by atoms with Gasteiger partial charge in [-0.15, -0.1) is 12.4 Å². The Balaban J connectivity index is 0.00000192. The zero-order valence-electron chi connectivity index (χ0n) is 13.6. The number of nitrogens with one attached hydrogen (secondary N) is 2. The lowest BCUT2D eigenvalue weighted by molar-refractivity contribution is -0.130. The van der Waals surface area contributed by atoms with Gasteiger partial charge in [0.15, 0.2) is 0 Å². The normalized spacial score (nSPS) is 29.2. The van der Waals surface area contributed by atoms with Gasteiger partial charge in [-0.1, -0.05) is 19.3 Å². The Bertz CT molecular complexity index is 409. The van der Waals surface area contributed by atoms with E-state index in [0.717, 1.165) is 19.4 Å². The molecule has 0 bridgehead atoms. The molecule has 2 aliphatic heterocycles. The molecule has 0 radical (unpaired) electrons. The first-order valence-corrected chi connectivity index (χ1v) is 8.62. The van der Waals surface area contributed by atoms with Crippen molar-refractivity contribution >= 4 is 24.2 Å². The van der Waals surface area contributed by atoms with E-state index in [-0.39, 0.29) is 36.3 Å². The van der Waals surface area contributed by atoms with Crippen LogP contribution in [0.3, 0.4) is 0 Å². The molecule has 23 heavy (non-hydrogen) atoms. The maximum Gasteiger partial charge on any atom is 0.225 e. The van der Waals surface area contributed by atoms with Gasteiger partial charge in [0.05, 0.1) is 19.3 Å². The number of likely N-dealkylation sites (tertiary alicyclic amines) is 1. The second kappa shape index (κ2) is 8.85. The summed E-state index contributed by atoms with van der Waals surface area (Å²) in [7, 11) is 0. The first-order valence-electron chi connectivity index (χ1n) is 8.62. The molecule has 2 atom stereocenters. The molecule has 2 unspecified atom stereocenters. The summed E-state index contributed by atoms with van der Waals surface area (Å²) in [6.07, 6.45) is 6.85. The first-order chi connectivity index (χ1) is 10.7. The van der Waals surface area contributed by atoms with Crippen molar-refractivity contribution in [3.05, 3.63) is 0 Å². The van der Waals surface area contributed by atoms with E-state index in [0.29, 0.717) is 38.6 Å². The summed E-state index contributed by atoms with van der Waals surface area (Å²) in [5, 5.41) is 6.31. The van der Waals surface area contributed by atoms with Crippen LogP contribution in [0.5, 0.6) is 0 Å². The van der Waals surface area contributed by atoms with Gasteiger partial charge in [0.1, 0.15) is 0 Å². The Morgan fingerprint density at radius 1 is 1.30 bits per heavy atom. The van der Waals surface area contributed by atoms with Gasteiger partial charge in [0, 0.05) is 38.0 Å². The van der Waals surface area contributed by atoms with Gasteiger partial charge in [-0.3, -0.25) is 9.59 Å². The number of hydrogen-bond donors (Lipinski definition) is 2. The summed E-state index contributed by atoms with van der Waals surface area (Å²) in [5.41, 5.74) is 0. The number of carbonyl (C=O) groups excluding carboxylic acids is 2. The van der Waals surface area contributed by atoms with E-state index in [9.17, 15) is 9.59 Å². The van der Waals surface area contributed by atoms with Crippen molar-refractivity contribution in [2.45, 2.75) is 63.1 Å². The number of morpholine rings is 1. The number of carbonyl (C=O) groups is 2. The predicted octanol–water partition coefficient (Wildman–Crippen LogP) is 0.837. The van der Waals surface area contributed by atoms with Crippen molar-refractivity contribution in [3.63, 3.8) is 0 Å². The van der Waals surface area contributed by atoms with Crippen LogP contribution in [0.2, 0.25) is 0 Å². The minimum Gasteiger partial charge on any atom is -0.378 e. The SMILES string of the molecule is Cl.O=C(CC1COCCN1)NC1CC(=O)N(C2CCCCC2)C1. The molecule has 7 heteroatoms. The largest absolute Gasteiger partial charge is 0.378 e. The van der Waals surface area contributed by atoms with E-state index >= 15 is 0 Å². The van der Waals surface area contributed by atoms with Crippen LogP contribution < -0.4 is 10.6 Å². The van der Waals surface area contributed by atoms with E-state index in [2.05, 4.69) is 10.6 Å². The van der Waals surface area contributed by atoms with Crippen LogP contribution in [0.1, 0.15) is 44.9 Å². The Hall–Kier alpha value is -0.850. The van der Waals surface area contributed by atoms with E-state index in [1.54, 1.807) is 0 Å². The molecule has 1 saturated carbocycles. The number of nitrogens with zero attached hydrogens (tertiary/aromatic N) is 1. The quantitative estimate of drug-likeness (QED) is 0.792. The molecule has 3 fully saturated rings.